The summed E-state index contributed by atoms with van der Waals surface area (Å²) in [6, 6.07) is 13.0. The largest absolute Gasteiger partial charge is 0.213 e. The number of hydrogen-bond acceptors (Lipinski definition) is 2. The van der Waals surface area contributed by atoms with E-state index in [1.165, 1.54) is 21.9 Å². The molecule has 0 amide bonds. The predicted octanol–water partition coefficient (Wildman–Crippen LogP) is 4.01. The first-order chi connectivity index (χ1) is 7.45. The zero-order valence-corrected chi connectivity index (χ0v) is 8.33. The van der Waals surface area contributed by atoms with Crippen LogP contribution in [0.25, 0.3) is 16.8 Å². The number of hydrogen-bond donors (Lipinski definition) is 2. The minimum Gasteiger partial charge on any atom is -0.213 e. The van der Waals surface area contributed by atoms with E-state index < -0.39 is 0 Å². The summed E-state index contributed by atoms with van der Waals surface area (Å²) >= 11 is 0. The SMILES string of the molecule is C1=Cc2cccc3cccc(c23)C1.N=N. The molecule has 0 unspecified atom stereocenters. The van der Waals surface area contributed by atoms with Crippen molar-refractivity contribution in [3.05, 3.63) is 53.6 Å². The van der Waals surface area contributed by atoms with Gasteiger partial charge in [0.05, 0.1) is 0 Å². The average Bonchev–Trinajstić information content (AvgIpc) is 2.33. The van der Waals surface area contributed by atoms with E-state index in [2.05, 4.69) is 48.6 Å². The summed E-state index contributed by atoms with van der Waals surface area (Å²) in [4.78, 5) is 0. The van der Waals surface area contributed by atoms with Crippen molar-refractivity contribution in [2.24, 2.45) is 0 Å². The van der Waals surface area contributed by atoms with Gasteiger partial charge in [0.15, 0.2) is 0 Å². The van der Waals surface area contributed by atoms with Crippen molar-refractivity contribution < 1.29 is 0 Å². The standard InChI is InChI=1S/C13H10.H2N2/c1-4-10-6-2-8-12-9-3-7-11(5-1)13(10)12;1-2/h1-8H,9H2;1-2H. The van der Waals surface area contributed by atoms with Gasteiger partial charge < -0.3 is 0 Å². The summed E-state index contributed by atoms with van der Waals surface area (Å²) in [6.45, 7) is 0. The van der Waals surface area contributed by atoms with Crippen LogP contribution in [0.15, 0.2) is 42.5 Å². The quantitative estimate of drug-likeness (QED) is 0.598. The van der Waals surface area contributed by atoms with Gasteiger partial charge in [-0.1, -0.05) is 48.6 Å². The summed E-state index contributed by atoms with van der Waals surface area (Å²) < 4.78 is 0. The molecule has 0 heterocycles. The van der Waals surface area contributed by atoms with Gasteiger partial charge in [-0.15, -0.1) is 0 Å². The predicted molar refractivity (Wildman–Crippen MR) is 62.1 cm³/mol. The summed E-state index contributed by atoms with van der Waals surface area (Å²) in [5.41, 5.74) is 12.8. The molecule has 2 N–H and O–H groups in total. The van der Waals surface area contributed by atoms with Crippen LogP contribution in [0.3, 0.4) is 0 Å². The molecule has 74 valence electrons. The van der Waals surface area contributed by atoms with Crippen molar-refractivity contribution in [1.29, 1.82) is 11.1 Å². The lowest BCUT2D eigenvalue weighted by Crippen LogP contribution is -1.91. The van der Waals surface area contributed by atoms with Crippen LogP contribution >= 0.6 is 0 Å². The van der Waals surface area contributed by atoms with E-state index in [0.717, 1.165) is 6.42 Å². The van der Waals surface area contributed by atoms with Gasteiger partial charge in [0.2, 0.25) is 0 Å². The molecule has 3 rings (SSSR count). The van der Waals surface area contributed by atoms with Crippen LogP contribution in [0.2, 0.25) is 0 Å². The van der Waals surface area contributed by atoms with Crippen LogP contribution in [-0.4, -0.2) is 0 Å². The van der Waals surface area contributed by atoms with Crippen LogP contribution in [0.1, 0.15) is 11.1 Å². The maximum absolute atomic E-state index is 5.00. The van der Waals surface area contributed by atoms with Gasteiger partial charge in [0.1, 0.15) is 0 Å². The van der Waals surface area contributed by atoms with Crippen molar-refractivity contribution in [3.8, 4) is 0 Å². The van der Waals surface area contributed by atoms with Crippen molar-refractivity contribution in [2.45, 2.75) is 6.42 Å². The lowest BCUT2D eigenvalue weighted by atomic mass is 9.93. The highest BCUT2D eigenvalue weighted by Crippen LogP contribution is 2.27. The second kappa shape index (κ2) is 4.05. The number of rotatable bonds is 0. The first kappa shape index (κ1) is 9.59. The zero-order chi connectivity index (χ0) is 10.7. The van der Waals surface area contributed by atoms with Crippen molar-refractivity contribution in [2.75, 3.05) is 0 Å². The van der Waals surface area contributed by atoms with E-state index >= 15 is 0 Å². The van der Waals surface area contributed by atoms with Crippen LogP contribution in [0.5, 0.6) is 0 Å². The Kier molecular flexibility index (Phi) is 2.59. The zero-order valence-electron chi connectivity index (χ0n) is 8.33. The molecule has 2 nitrogen and oxygen atoms in total. The number of allylic oxidation sites excluding steroid dienone is 1. The molecular formula is C13H12N2. The molecule has 0 saturated heterocycles. The Morgan fingerprint density at radius 3 is 2.47 bits per heavy atom. The van der Waals surface area contributed by atoms with Gasteiger partial charge in [0.25, 0.3) is 0 Å². The fraction of sp³-hybridized carbons (Fsp3) is 0.0769. The summed E-state index contributed by atoms with van der Waals surface area (Å²) in [6.07, 6.45) is 5.53. The molecular weight excluding hydrogens is 184 g/mol. The van der Waals surface area contributed by atoms with Crippen LogP contribution in [-0.2, 0) is 6.42 Å². The molecule has 2 aromatic rings. The minimum absolute atomic E-state index is 1.08. The molecule has 2 aromatic carbocycles. The Balaban J connectivity index is 0.000000404. The van der Waals surface area contributed by atoms with E-state index in [0.29, 0.717) is 0 Å². The van der Waals surface area contributed by atoms with E-state index in [9.17, 15) is 0 Å². The van der Waals surface area contributed by atoms with Gasteiger partial charge in [-0.25, -0.2) is 11.1 Å². The third-order valence-corrected chi connectivity index (χ3v) is 2.66. The lowest BCUT2D eigenvalue weighted by molar-refractivity contribution is 1.05. The van der Waals surface area contributed by atoms with Gasteiger partial charge in [-0.05, 0) is 28.3 Å². The van der Waals surface area contributed by atoms with E-state index in [1.807, 2.05) is 0 Å². The normalized spacial score (nSPS) is 12.0. The summed E-state index contributed by atoms with van der Waals surface area (Å²) in [5, 5.41) is 2.80. The van der Waals surface area contributed by atoms with Gasteiger partial charge in [0, 0.05) is 0 Å². The molecule has 0 atom stereocenters. The molecule has 0 bridgehead atoms. The number of benzene rings is 2. The third-order valence-electron chi connectivity index (χ3n) is 2.66. The molecule has 0 aliphatic heterocycles. The molecule has 2 heteroatoms. The van der Waals surface area contributed by atoms with Gasteiger partial charge in [-0.3, -0.25) is 0 Å². The topological polar surface area (TPSA) is 47.7 Å². The maximum atomic E-state index is 5.00. The minimum atomic E-state index is 1.08. The fourth-order valence-electron chi connectivity index (χ4n) is 2.07. The highest BCUT2D eigenvalue weighted by atomic mass is 14.7. The maximum Gasteiger partial charge on any atom is -0.00763 e. The Labute approximate surface area is 88.5 Å². The first-order valence-electron chi connectivity index (χ1n) is 4.87. The highest BCUT2D eigenvalue weighted by Gasteiger charge is 2.06. The van der Waals surface area contributed by atoms with E-state index in [-0.39, 0.29) is 0 Å². The fourth-order valence-corrected chi connectivity index (χ4v) is 2.07. The Morgan fingerprint density at radius 2 is 1.67 bits per heavy atom. The lowest BCUT2D eigenvalue weighted by Gasteiger charge is -2.11. The van der Waals surface area contributed by atoms with Crippen molar-refractivity contribution in [1.82, 2.24) is 0 Å². The van der Waals surface area contributed by atoms with Crippen LogP contribution in [0, 0.1) is 11.1 Å². The van der Waals surface area contributed by atoms with Crippen molar-refractivity contribution in [3.63, 3.8) is 0 Å². The van der Waals surface area contributed by atoms with Gasteiger partial charge >= 0.3 is 0 Å². The number of nitrogens with one attached hydrogen (secondary N) is 2. The Hall–Kier alpha value is -1.96. The van der Waals surface area contributed by atoms with Crippen LogP contribution < -0.4 is 0 Å². The molecule has 0 saturated carbocycles. The molecule has 1 aliphatic rings. The second-order valence-electron chi connectivity index (χ2n) is 3.47. The molecule has 1 aliphatic carbocycles. The third kappa shape index (κ3) is 1.54. The van der Waals surface area contributed by atoms with Crippen molar-refractivity contribution >= 4 is 16.8 Å². The second-order valence-corrected chi connectivity index (χ2v) is 3.47. The highest BCUT2D eigenvalue weighted by molar-refractivity contribution is 5.94. The molecule has 0 aromatic heterocycles. The molecule has 0 fully saturated rings. The average molecular weight is 196 g/mol. The first-order valence-corrected chi connectivity index (χ1v) is 4.87. The van der Waals surface area contributed by atoms with Crippen LogP contribution in [0.4, 0.5) is 0 Å². The summed E-state index contributed by atoms with van der Waals surface area (Å²) in [5.74, 6) is 0. The molecule has 15 heavy (non-hydrogen) atoms. The summed E-state index contributed by atoms with van der Waals surface area (Å²) in [7, 11) is 0. The molecule has 0 spiro atoms. The van der Waals surface area contributed by atoms with E-state index in [4.69, 9.17) is 11.1 Å². The Morgan fingerprint density at radius 1 is 0.933 bits per heavy atom. The smallest absolute Gasteiger partial charge is 0.00763 e. The van der Waals surface area contributed by atoms with Gasteiger partial charge in [-0.2, -0.15) is 0 Å². The monoisotopic (exact) mass is 196 g/mol. The van der Waals surface area contributed by atoms with E-state index in [1.54, 1.807) is 0 Å². The Bertz CT molecular complexity index is 510. The molecule has 0 radical (unpaired) electrons.